The van der Waals surface area contributed by atoms with Crippen LogP contribution in [0.4, 0.5) is 28.1 Å². The zero-order valence-corrected chi connectivity index (χ0v) is 26.9. The SMILES string of the molecule is CC1CCC(C)N1c1nc(-c2ccc(NC(=O)Nc3ccc(C(=O)N4CCN(C)CC4)cc3)cc2)nc(N2C3CCC2COC3)n1. The molecule has 0 saturated carbocycles. The van der Waals surface area contributed by atoms with Crippen molar-refractivity contribution in [2.45, 2.75) is 63.7 Å². The summed E-state index contributed by atoms with van der Waals surface area (Å²) in [6.45, 7) is 9.05. The average molecular weight is 626 g/mol. The Morgan fingerprint density at radius 2 is 1.26 bits per heavy atom. The van der Waals surface area contributed by atoms with Gasteiger partial charge in [-0.2, -0.15) is 15.0 Å². The first kappa shape index (κ1) is 30.4. The second-order valence-corrected chi connectivity index (χ2v) is 13.1. The maximum absolute atomic E-state index is 12.8. The van der Waals surface area contributed by atoms with Crippen molar-refractivity contribution in [1.29, 1.82) is 0 Å². The number of hydrogen-bond acceptors (Lipinski definition) is 9. The van der Waals surface area contributed by atoms with E-state index in [1.165, 1.54) is 0 Å². The summed E-state index contributed by atoms with van der Waals surface area (Å²) in [5, 5.41) is 5.76. The van der Waals surface area contributed by atoms with E-state index in [2.05, 4.69) is 46.2 Å². The van der Waals surface area contributed by atoms with Crippen molar-refractivity contribution in [3.05, 3.63) is 54.1 Å². The van der Waals surface area contributed by atoms with E-state index in [-0.39, 0.29) is 24.0 Å². The lowest BCUT2D eigenvalue weighted by Gasteiger charge is -2.35. The van der Waals surface area contributed by atoms with Crippen molar-refractivity contribution in [3.63, 3.8) is 0 Å². The minimum absolute atomic E-state index is 0.0170. The molecule has 12 nitrogen and oxygen atoms in total. The molecule has 4 fully saturated rings. The van der Waals surface area contributed by atoms with Crippen LogP contribution < -0.4 is 20.4 Å². The number of hydrogen-bond donors (Lipinski definition) is 2. The predicted molar refractivity (Wildman–Crippen MR) is 178 cm³/mol. The topological polar surface area (TPSA) is 119 Å². The van der Waals surface area contributed by atoms with Gasteiger partial charge in [-0.25, -0.2) is 4.79 Å². The largest absolute Gasteiger partial charge is 0.377 e. The van der Waals surface area contributed by atoms with Crippen LogP contribution in [0.15, 0.2) is 48.5 Å². The van der Waals surface area contributed by atoms with Crippen LogP contribution in [0.1, 0.15) is 49.9 Å². The summed E-state index contributed by atoms with van der Waals surface area (Å²) in [4.78, 5) is 49.4. The van der Waals surface area contributed by atoms with Gasteiger partial charge in [-0.15, -0.1) is 0 Å². The van der Waals surface area contributed by atoms with Gasteiger partial charge in [-0.3, -0.25) is 4.79 Å². The van der Waals surface area contributed by atoms with Crippen LogP contribution in [0, 0.1) is 0 Å². The summed E-state index contributed by atoms with van der Waals surface area (Å²) in [6, 6.07) is 15.5. The molecule has 4 saturated heterocycles. The summed E-state index contributed by atoms with van der Waals surface area (Å²) >= 11 is 0. The van der Waals surface area contributed by atoms with E-state index in [0.717, 1.165) is 69.3 Å². The molecule has 12 heteroatoms. The zero-order chi connectivity index (χ0) is 31.8. The molecule has 2 bridgehead atoms. The van der Waals surface area contributed by atoms with Gasteiger partial charge < -0.3 is 35.0 Å². The minimum Gasteiger partial charge on any atom is -0.377 e. The molecule has 1 aromatic heterocycles. The smallest absolute Gasteiger partial charge is 0.323 e. The highest BCUT2D eigenvalue weighted by molar-refractivity contribution is 6.00. The highest BCUT2D eigenvalue weighted by Gasteiger charge is 2.40. The predicted octanol–water partition coefficient (Wildman–Crippen LogP) is 4.32. The molecule has 3 amide bonds. The number of nitrogens with one attached hydrogen (secondary N) is 2. The lowest BCUT2D eigenvalue weighted by Crippen LogP contribution is -2.47. The average Bonchev–Trinajstić information content (AvgIpc) is 3.53. The second-order valence-electron chi connectivity index (χ2n) is 13.1. The van der Waals surface area contributed by atoms with E-state index in [1.807, 2.05) is 29.2 Å². The number of morpholine rings is 1. The fourth-order valence-electron chi connectivity index (χ4n) is 7.14. The van der Waals surface area contributed by atoms with Crippen molar-refractivity contribution in [2.75, 3.05) is 66.9 Å². The molecule has 0 radical (unpaired) electrons. The van der Waals surface area contributed by atoms with Crippen LogP contribution in [-0.4, -0.2) is 107 Å². The van der Waals surface area contributed by atoms with Gasteiger partial charge >= 0.3 is 6.03 Å². The lowest BCUT2D eigenvalue weighted by molar-refractivity contribution is 0.0664. The van der Waals surface area contributed by atoms with E-state index >= 15 is 0 Å². The molecule has 4 unspecified atom stereocenters. The number of rotatable bonds is 6. The van der Waals surface area contributed by atoms with E-state index in [0.29, 0.717) is 48.1 Å². The number of likely N-dealkylation sites (N-methyl/N-ethyl adjacent to an activating group) is 1. The Bertz CT molecular complexity index is 1530. The number of amides is 3. The molecular weight excluding hydrogens is 582 g/mol. The van der Waals surface area contributed by atoms with Crippen LogP contribution >= 0.6 is 0 Å². The number of carbonyl (C=O) groups is 2. The van der Waals surface area contributed by atoms with Crippen LogP contribution in [0.3, 0.4) is 0 Å². The summed E-state index contributed by atoms with van der Waals surface area (Å²) in [7, 11) is 2.06. The van der Waals surface area contributed by atoms with Crippen molar-refractivity contribution in [1.82, 2.24) is 24.8 Å². The Hall–Kier alpha value is -4.29. The highest BCUT2D eigenvalue weighted by atomic mass is 16.5. The third-order valence-electron chi connectivity index (χ3n) is 9.85. The van der Waals surface area contributed by atoms with Crippen LogP contribution in [0.2, 0.25) is 0 Å². The maximum atomic E-state index is 12.8. The number of benzene rings is 2. The fourth-order valence-corrected chi connectivity index (χ4v) is 7.14. The van der Waals surface area contributed by atoms with Gasteiger partial charge in [0.1, 0.15) is 0 Å². The summed E-state index contributed by atoms with van der Waals surface area (Å²) < 4.78 is 5.83. The number of nitrogens with zero attached hydrogens (tertiary/aromatic N) is 7. The number of carbonyl (C=O) groups excluding carboxylic acids is 2. The molecule has 46 heavy (non-hydrogen) atoms. The van der Waals surface area contributed by atoms with Gasteiger partial charge in [0.05, 0.1) is 25.3 Å². The maximum Gasteiger partial charge on any atom is 0.323 e. The molecule has 4 aliphatic rings. The van der Waals surface area contributed by atoms with Gasteiger partial charge in [-0.05, 0) is 95.1 Å². The first-order chi connectivity index (χ1) is 22.3. The number of piperazine rings is 1. The van der Waals surface area contributed by atoms with Crippen LogP contribution in [0.25, 0.3) is 11.4 Å². The first-order valence-electron chi connectivity index (χ1n) is 16.5. The van der Waals surface area contributed by atoms with Crippen molar-refractivity contribution in [2.24, 2.45) is 0 Å². The molecular formula is C34H43N9O3. The van der Waals surface area contributed by atoms with Gasteiger partial charge in [0.2, 0.25) is 11.9 Å². The Kier molecular flexibility index (Phi) is 8.48. The Balaban J connectivity index is 1.04. The molecule has 3 aromatic rings. The Morgan fingerprint density at radius 1 is 0.717 bits per heavy atom. The molecule has 4 atom stereocenters. The first-order valence-corrected chi connectivity index (χ1v) is 16.5. The molecule has 2 aromatic carbocycles. The normalized spacial score (nSPS) is 24.7. The molecule has 242 valence electrons. The van der Waals surface area contributed by atoms with E-state index in [1.54, 1.807) is 24.3 Å². The highest BCUT2D eigenvalue weighted by Crippen LogP contribution is 2.35. The molecule has 7 rings (SSSR count). The molecule has 2 N–H and O–H groups in total. The number of fused-ring (bicyclic) bond motifs is 2. The summed E-state index contributed by atoms with van der Waals surface area (Å²) in [5.41, 5.74) is 2.73. The minimum atomic E-state index is -0.365. The Morgan fingerprint density at radius 3 is 1.85 bits per heavy atom. The second kappa shape index (κ2) is 12.8. The van der Waals surface area contributed by atoms with E-state index < -0.39 is 0 Å². The molecule has 0 spiro atoms. The number of anilines is 4. The quantitative estimate of drug-likeness (QED) is 0.413. The van der Waals surface area contributed by atoms with Gasteiger partial charge in [-0.1, -0.05) is 0 Å². The van der Waals surface area contributed by atoms with Gasteiger partial charge in [0.15, 0.2) is 5.82 Å². The number of urea groups is 1. The molecule has 5 heterocycles. The lowest BCUT2D eigenvalue weighted by atomic mass is 10.1. The van der Waals surface area contributed by atoms with Crippen molar-refractivity contribution in [3.8, 4) is 11.4 Å². The fraction of sp³-hybridized carbons (Fsp3) is 0.500. The number of ether oxygens (including phenoxy) is 1. The Labute approximate surface area is 270 Å². The molecule has 4 aliphatic heterocycles. The van der Waals surface area contributed by atoms with Crippen LogP contribution in [-0.2, 0) is 4.74 Å². The van der Waals surface area contributed by atoms with E-state index in [4.69, 9.17) is 19.7 Å². The van der Waals surface area contributed by atoms with Crippen LogP contribution in [0.5, 0.6) is 0 Å². The monoisotopic (exact) mass is 625 g/mol. The summed E-state index contributed by atoms with van der Waals surface area (Å²) in [5.74, 6) is 2.09. The standard InChI is InChI=1S/C34H43N9O3/c1-22-4-5-23(2)42(22)32-37-30(38-33(39-32)43-28-14-15-29(43)21-46-20-28)24-6-10-26(11-7-24)35-34(45)36-27-12-8-25(9-13-27)31(44)41-18-16-40(3)17-19-41/h6-13,22-23,28-29H,4-5,14-21H2,1-3H3,(H2,35,36,45). The third-order valence-corrected chi connectivity index (χ3v) is 9.85. The van der Waals surface area contributed by atoms with Gasteiger partial charge in [0.25, 0.3) is 5.91 Å². The van der Waals surface area contributed by atoms with Crippen molar-refractivity contribution < 1.29 is 14.3 Å². The van der Waals surface area contributed by atoms with Crippen molar-refractivity contribution >= 4 is 35.2 Å². The third kappa shape index (κ3) is 6.23. The van der Waals surface area contributed by atoms with Gasteiger partial charge in [0, 0.05) is 60.8 Å². The molecule has 0 aliphatic carbocycles. The number of aromatic nitrogens is 3. The zero-order valence-electron chi connectivity index (χ0n) is 26.9. The van der Waals surface area contributed by atoms with E-state index in [9.17, 15) is 9.59 Å². The summed E-state index contributed by atoms with van der Waals surface area (Å²) in [6.07, 6.45) is 4.39.